The fourth-order valence-corrected chi connectivity index (χ4v) is 6.02. The highest BCUT2D eigenvalue weighted by molar-refractivity contribution is 6.01. The largest absolute Gasteiger partial charge is 0.457 e. The van der Waals surface area contributed by atoms with Gasteiger partial charge in [0, 0.05) is 34.8 Å². The van der Waals surface area contributed by atoms with E-state index in [1.165, 1.54) is 22.1 Å². The standard InChI is InChI=1S/C30H29F2N3O4/c31-24-11-10-21(20-25(24)32)34(28(36)35-18-19-38-29(35)37)15-5-14-33-16-12-30(13-17-33)22-6-1-3-8-26(22)39-27-9-4-2-7-23(27)30/h1-4,6-11,20H,5,12-19H2. The molecular formula is C30H29F2N3O4. The van der Waals surface area contributed by atoms with Gasteiger partial charge in [0.05, 0.1) is 6.54 Å². The second kappa shape index (κ2) is 10.3. The number of piperidine rings is 1. The molecule has 3 amide bonds. The number of rotatable bonds is 5. The highest BCUT2D eigenvalue weighted by Crippen LogP contribution is 2.52. The molecular weight excluding hydrogens is 504 g/mol. The predicted octanol–water partition coefficient (Wildman–Crippen LogP) is 5.92. The highest BCUT2D eigenvalue weighted by atomic mass is 19.2. The number of para-hydroxylation sites is 2. The Morgan fingerprint density at radius 1 is 0.897 bits per heavy atom. The molecule has 3 aromatic carbocycles. The van der Waals surface area contributed by atoms with E-state index in [0.717, 1.165) is 54.5 Å². The van der Waals surface area contributed by atoms with Crippen molar-refractivity contribution < 1.29 is 27.8 Å². The first kappa shape index (κ1) is 25.3. The van der Waals surface area contributed by atoms with Gasteiger partial charge < -0.3 is 14.4 Å². The maximum absolute atomic E-state index is 14.0. The second-order valence-corrected chi connectivity index (χ2v) is 10.2. The number of nitrogens with zero attached hydrogens (tertiary/aromatic N) is 3. The zero-order chi connectivity index (χ0) is 27.0. The van der Waals surface area contributed by atoms with Crippen LogP contribution in [0.5, 0.6) is 11.5 Å². The number of imide groups is 1. The lowest BCUT2D eigenvalue weighted by Crippen LogP contribution is -2.47. The van der Waals surface area contributed by atoms with Gasteiger partial charge in [0.25, 0.3) is 0 Å². The minimum Gasteiger partial charge on any atom is -0.457 e. The van der Waals surface area contributed by atoms with E-state index in [2.05, 4.69) is 29.2 Å². The maximum atomic E-state index is 14.0. The number of amides is 3. The number of ether oxygens (including phenoxy) is 2. The molecule has 2 fully saturated rings. The Morgan fingerprint density at radius 2 is 1.56 bits per heavy atom. The number of fused-ring (bicyclic) bond motifs is 4. The third kappa shape index (κ3) is 4.61. The second-order valence-electron chi connectivity index (χ2n) is 10.2. The Bertz CT molecular complexity index is 1360. The van der Waals surface area contributed by atoms with Gasteiger partial charge in [-0.15, -0.1) is 0 Å². The third-order valence-corrected chi connectivity index (χ3v) is 8.03. The molecule has 0 atom stereocenters. The van der Waals surface area contributed by atoms with Crippen LogP contribution in [0, 0.1) is 11.6 Å². The number of carbonyl (C=O) groups excluding carboxylic acids is 2. The Kier molecular flexibility index (Phi) is 6.68. The van der Waals surface area contributed by atoms with Crippen molar-refractivity contribution in [1.29, 1.82) is 0 Å². The van der Waals surface area contributed by atoms with Crippen LogP contribution in [-0.2, 0) is 10.2 Å². The van der Waals surface area contributed by atoms with Crippen LogP contribution >= 0.6 is 0 Å². The quantitative estimate of drug-likeness (QED) is 0.407. The number of hydrogen-bond acceptors (Lipinski definition) is 5. The number of carbonyl (C=O) groups is 2. The Morgan fingerprint density at radius 3 is 2.18 bits per heavy atom. The molecule has 3 aliphatic heterocycles. The monoisotopic (exact) mass is 533 g/mol. The summed E-state index contributed by atoms with van der Waals surface area (Å²) in [5.41, 5.74) is 2.52. The van der Waals surface area contributed by atoms with E-state index in [4.69, 9.17) is 9.47 Å². The summed E-state index contributed by atoms with van der Waals surface area (Å²) in [5, 5.41) is 0. The fraction of sp³-hybridized carbons (Fsp3) is 0.333. The van der Waals surface area contributed by atoms with Crippen LogP contribution < -0.4 is 9.64 Å². The summed E-state index contributed by atoms with van der Waals surface area (Å²) in [4.78, 5) is 29.9. The average Bonchev–Trinajstić information content (AvgIpc) is 3.39. The van der Waals surface area contributed by atoms with Crippen LogP contribution in [0.25, 0.3) is 0 Å². The highest BCUT2D eigenvalue weighted by Gasteiger charge is 2.44. The van der Waals surface area contributed by atoms with Crippen molar-refractivity contribution in [2.75, 3.05) is 44.2 Å². The molecule has 0 unspecified atom stereocenters. The zero-order valence-electron chi connectivity index (χ0n) is 21.4. The first-order chi connectivity index (χ1) is 19.0. The number of halogens is 2. The van der Waals surface area contributed by atoms with Crippen molar-refractivity contribution >= 4 is 17.8 Å². The molecule has 7 nitrogen and oxygen atoms in total. The molecule has 202 valence electrons. The molecule has 0 bridgehead atoms. The van der Waals surface area contributed by atoms with Gasteiger partial charge in [-0.3, -0.25) is 4.90 Å². The molecule has 0 radical (unpaired) electrons. The molecule has 9 heteroatoms. The number of likely N-dealkylation sites (tertiary alicyclic amines) is 1. The fourth-order valence-electron chi connectivity index (χ4n) is 6.02. The molecule has 39 heavy (non-hydrogen) atoms. The van der Waals surface area contributed by atoms with Gasteiger partial charge >= 0.3 is 12.1 Å². The van der Waals surface area contributed by atoms with Crippen LogP contribution in [0.1, 0.15) is 30.4 Å². The normalized spacial score (nSPS) is 17.8. The van der Waals surface area contributed by atoms with Crippen LogP contribution in [0.3, 0.4) is 0 Å². The lowest BCUT2D eigenvalue weighted by molar-refractivity contribution is 0.159. The Labute approximate surface area is 225 Å². The van der Waals surface area contributed by atoms with Crippen molar-refractivity contribution in [3.05, 3.63) is 89.5 Å². The van der Waals surface area contributed by atoms with Crippen LogP contribution in [-0.4, -0.2) is 61.3 Å². The molecule has 3 heterocycles. The van der Waals surface area contributed by atoms with Gasteiger partial charge in [0.1, 0.15) is 18.1 Å². The Hall–Kier alpha value is -3.98. The van der Waals surface area contributed by atoms with E-state index < -0.39 is 23.8 Å². The van der Waals surface area contributed by atoms with Gasteiger partial charge in [-0.1, -0.05) is 36.4 Å². The molecule has 0 saturated carbocycles. The summed E-state index contributed by atoms with van der Waals surface area (Å²) in [7, 11) is 0. The van der Waals surface area contributed by atoms with E-state index in [-0.39, 0.29) is 30.8 Å². The summed E-state index contributed by atoms with van der Waals surface area (Å²) in [6, 6.07) is 19.2. The zero-order valence-corrected chi connectivity index (χ0v) is 21.4. The summed E-state index contributed by atoms with van der Waals surface area (Å²) in [6.07, 6.45) is 1.72. The predicted molar refractivity (Wildman–Crippen MR) is 141 cm³/mol. The lowest BCUT2D eigenvalue weighted by Gasteiger charge is -2.46. The van der Waals surface area contributed by atoms with Crippen LogP contribution in [0.15, 0.2) is 66.7 Å². The van der Waals surface area contributed by atoms with Crippen molar-refractivity contribution in [1.82, 2.24) is 9.80 Å². The SMILES string of the molecule is O=C1OCCN1C(=O)N(CCCN1CCC2(CC1)c1ccccc1Oc1ccccc12)c1ccc(F)c(F)c1. The van der Waals surface area contributed by atoms with Crippen LogP contribution in [0.4, 0.5) is 24.1 Å². The summed E-state index contributed by atoms with van der Waals surface area (Å²) >= 11 is 0. The van der Waals surface area contributed by atoms with E-state index in [9.17, 15) is 18.4 Å². The molecule has 0 N–H and O–H groups in total. The molecule has 3 aliphatic rings. The summed E-state index contributed by atoms with van der Waals surface area (Å²) < 4.78 is 38.7. The number of urea groups is 1. The number of cyclic esters (lactones) is 1. The topological polar surface area (TPSA) is 62.3 Å². The molecule has 2 saturated heterocycles. The average molecular weight is 534 g/mol. The first-order valence-corrected chi connectivity index (χ1v) is 13.3. The van der Waals surface area contributed by atoms with Gasteiger partial charge in [-0.2, -0.15) is 0 Å². The molecule has 3 aromatic rings. The molecule has 1 spiro atoms. The van der Waals surface area contributed by atoms with Gasteiger partial charge in [0.15, 0.2) is 11.6 Å². The van der Waals surface area contributed by atoms with E-state index in [1.807, 2.05) is 24.3 Å². The van der Waals surface area contributed by atoms with Crippen molar-refractivity contribution in [3.8, 4) is 11.5 Å². The molecule has 0 aliphatic carbocycles. The molecule has 0 aromatic heterocycles. The summed E-state index contributed by atoms with van der Waals surface area (Å²) in [5.74, 6) is -0.227. The summed E-state index contributed by atoms with van der Waals surface area (Å²) in [6.45, 7) is 2.92. The van der Waals surface area contributed by atoms with E-state index >= 15 is 0 Å². The Balaban J connectivity index is 1.15. The van der Waals surface area contributed by atoms with E-state index in [0.29, 0.717) is 13.0 Å². The van der Waals surface area contributed by atoms with Crippen molar-refractivity contribution in [2.24, 2.45) is 0 Å². The van der Waals surface area contributed by atoms with Gasteiger partial charge in [0.2, 0.25) is 0 Å². The van der Waals surface area contributed by atoms with Crippen LogP contribution in [0.2, 0.25) is 0 Å². The number of anilines is 1. The molecule has 6 rings (SSSR count). The van der Waals surface area contributed by atoms with Crippen molar-refractivity contribution in [3.63, 3.8) is 0 Å². The van der Waals surface area contributed by atoms with E-state index in [1.54, 1.807) is 0 Å². The van der Waals surface area contributed by atoms with Crippen molar-refractivity contribution in [2.45, 2.75) is 24.7 Å². The number of hydrogen-bond donors (Lipinski definition) is 0. The number of benzene rings is 3. The minimum atomic E-state index is -1.05. The smallest absolute Gasteiger partial charge is 0.418 e. The first-order valence-electron chi connectivity index (χ1n) is 13.3. The maximum Gasteiger partial charge on any atom is 0.418 e. The van der Waals surface area contributed by atoms with Gasteiger partial charge in [-0.25, -0.2) is 23.3 Å². The third-order valence-electron chi connectivity index (χ3n) is 8.03. The van der Waals surface area contributed by atoms with Gasteiger partial charge in [-0.05, 0) is 63.2 Å². The minimum absolute atomic E-state index is 0.114. The lowest BCUT2D eigenvalue weighted by atomic mass is 9.66.